The highest BCUT2D eigenvalue weighted by Gasteiger charge is 2.18. The van der Waals surface area contributed by atoms with Gasteiger partial charge >= 0.3 is 0 Å². The van der Waals surface area contributed by atoms with Gasteiger partial charge in [0.15, 0.2) is 5.75 Å². The van der Waals surface area contributed by atoms with E-state index in [2.05, 4.69) is 5.10 Å². The summed E-state index contributed by atoms with van der Waals surface area (Å²) in [5, 5.41) is 14.7. The Labute approximate surface area is 164 Å². The minimum absolute atomic E-state index is 0.0930. The van der Waals surface area contributed by atoms with Gasteiger partial charge in [0.2, 0.25) is 0 Å². The fourth-order valence-electron chi connectivity index (χ4n) is 2.07. The molecule has 0 amide bonds. The average molecular weight is 434 g/mol. The van der Waals surface area contributed by atoms with Gasteiger partial charge in [-0.3, -0.25) is 10.1 Å². The molecular weight excluding hydrogens is 421 g/mol. The maximum atomic E-state index is 12.2. The summed E-state index contributed by atoms with van der Waals surface area (Å²) in [5.74, 6) is 0.376. The normalized spacial score (nSPS) is 11.4. The fraction of sp³-hybridized carbons (Fsp3) is 0.133. The molecule has 2 aromatic rings. The van der Waals surface area contributed by atoms with Crippen molar-refractivity contribution in [3.8, 4) is 11.5 Å². The maximum absolute atomic E-state index is 12.2. The standard InChI is InChI=1S/C15H13Cl2N3O6S/c1-25-14-9(6-12(16)15(26-2)13(14)17)8-18-19-27(23,24)11-5-3-4-10(7-11)20(21)22/h3-8,19H,1-2H3/b18-8+. The molecule has 0 aliphatic rings. The molecule has 0 aliphatic heterocycles. The summed E-state index contributed by atoms with van der Waals surface area (Å²) >= 11 is 12.2. The van der Waals surface area contributed by atoms with Crippen molar-refractivity contribution in [2.24, 2.45) is 5.10 Å². The van der Waals surface area contributed by atoms with Crippen molar-refractivity contribution in [3.63, 3.8) is 0 Å². The zero-order valence-electron chi connectivity index (χ0n) is 14.0. The molecule has 0 saturated carbocycles. The number of nitrogens with one attached hydrogen (secondary N) is 1. The Kier molecular flexibility index (Phi) is 6.47. The third-order valence-electron chi connectivity index (χ3n) is 3.28. The topological polar surface area (TPSA) is 120 Å². The van der Waals surface area contributed by atoms with Crippen LogP contribution in [-0.2, 0) is 10.0 Å². The molecule has 2 aromatic carbocycles. The number of benzene rings is 2. The number of nitro groups is 1. The SMILES string of the molecule is COc1c(Cl)cc(/C=N/NS(=O)(=O)c2cccc([N+](=O)[O-])c2)c(OC)c1Cl. The molecule has 0 radical (unpaired) electrons. The number of hydrazone groups is 1. The number of rotatable bonds is 7. The van der Waals surface area contributed by atoms with Crippen molar-refractivity contribution < 1.29 is 22.8 Å². The van der Waals surface area contributed by atoms with Crippen molar-refractivity contribution in [1.29, 1.82) is 0 Å². The summed E-state index contributed by atoms with van der Waals surface area (Å²) in [6.07, 6.45) is 1.13. The van der Waals surface area contributed by atoms with Crippen LogP contribution < -0.4 is 14.3 Å². The number of halogens is 2. The first-order chi connectivity index (χ1) is 12.7. The first-order valence-corrected chi connectivity index (χ1v) is 9.34. The third kappa shape index (κ3) is 4.59. The quantitative estimate of drug-likeness (QED) is 0.406. The first-order valence-electron chi connectivity index (χ1n) is 7.10. The summed E-state index contributed by atoms with van der Waals surface area (Å²) in [6, 6.07) is 5.97. The number of hydrogen-bond acceptors (Lipinski definition) is 7. The van der Waals surface area contributed by atoms with Crippen molar-refractivity contribution in [2.75, 3.05) is 14.2 Å². The monoisotopic (exact) mass is 433 g/mol. The molecule has 0 unspecified atom stereocenters. The van der Waals surface area contributed by atoms with Gasteiger partial charge in [0, 0.05) is 17.7 Å². The molecule has 12 heteroatoms. The van der Waals surface area contributed by atoms with Crippen molar-refractivity contribution in [2.45, 2.75) is 4.90 Å². The van der Waals surface area contributed by atoms with Gasteiger partial charge in [-0.25, -0.2) is 4.83 Å². The summed E-state index contributed by atoms with van der Waals surface area (Å²) in [4.78, 5) is 11.7. The number of nitrogens with zero attached hydrogens (tertiary/aromatic N) is 2. The highest BCUT2D eigenvalue weighted by molar-refractivity contribution is 7.89. The first kappa shape index (κ1) is 20.7. The highest BCUT2D eigenvalue weighted by Crippen LogP contribution is 2.41. The van der Waals surface area contributed by atoms with Crippen LogP contribution in [0.1, 0.15) is 5.56 Å². The smallest absolute Gasteiger partial charge is 0.276 e. The molecule has 9 nitrogen and oxygen atoms in total. The lowest BCUT2D eigenvalue weighted by Crippen LogP contribution is -2.18. The van der Waals surface area contributed by atoms with Crippen LogP contribution in [0.5, 0.6) is 11.5 Å². The van der Waals surface area contributed by atoms with E-state index in [4.69, 9.17) is 32.7 Å². The van der Waals surface area contributed by atoms with E-state index in [1.165, 1.54) is 38.5 Å². The predicted molar refractivity (Wildman–Crippen MR) is 101 cm³/mol. The Balaban J connectivity index is 2.32. The Morgan fingerprint density at radius 3 is 2.44 bits per heavy atom. The zero-order valence-corrected chi connectivity index (χ0v) is 16.3. The van der Waals surface area contributed by atoms with E-state index in [-0.39, 0.29) is 37.7 Å². The van der Waals surface area contributed by atoms with Gasteiger partial charge in [0.25, 0.3) is 15.7 Å². The second-order valence-corrected chi connectivity index (χ2v) is 7.38. The lowest BCUT2D eigenvalue weighted by atomic mass is 10.2. The fourth-order valence-corrected chi connectivity index (χ4v) is 3.61. The molecule has 0 aromatic heterocycles. The van der Waals surface area contributed by atoms with E-state index in [1.54, 1.807) is 0 Å². The highest BCUT2D eigenvalue weighted by atomic mass is 35.5. The second-order valence-electron chi connectivity index (χ2n) is 4.94. The Hall–Kier alpha value is -2.56. The molecular formula is C15H13Cl2N3O6S. The molecule has 0 fully saturated rings. The van der Waals surface area contributed by atoms with Crippen molar-refractivity contribution in [1.82, 2.24) is 4.83 Å². The van der Waals surface area contributed by atoms with Crippen LogP contribution in [0.2, 0.25) is 10.0 Å². The van der Waals surface area contributed by atoms with Gasteiger partial charge < -0.3 is 9.47 Å². The van der Waals surface area contributed by atoms with Gasteiger partial charge in [-0.1, -0.05) is 29.3 Å². The number of nitro benzene ring substituents is 1. The van der Waals surface area contributed by atoms with Crippen LogP contribution in [0, 0.1) is 10.1 Å². The molecule has 0 heterocycles. The molecule has 27 heavy (non-hydrogen) atoms. The van der Waals surface area contributed by atoms with E-state index in [0.29, 0.717) is 0 Å². The zero-order chi connectivity index (χ0) is 20.2. The van der Waals surface area contributed by atoms with E-state index in [0.717, 1.165) is 12.3 Å². The van der Waals surface area contributed by atoms with Gasteiger partial charge in [-0.2, -0.15) is 13.5 Å². The summed E-state index contributed by atoms with van der Waals surface area (Å²) in [7, 11) is -1.38. The number of non-ortho nitro benzene ring substituents is 1. The number of hydrogen-bond donors (Lipinski definition) is 1. The maximum Gasteiger partial charge on any atom is 0.276 e. The predicted octanol–water partition coefficient (Wildman–Crippen LogP) is 3.23. The van der Waals surface area contributed by atoms with Crippen LogP contribution in [-0.4, -0.2) is 33.8 Å². The third-order valence-corrected chi connectivity index (χ3v) is 5.13. The summed E-state index contributed by atoms with van der Waals surface area (Å²) < 4.78 is 34.7. The largest absolute Gasteiger partial charge is 0.494 e. The van der Waals surface area contributed by atoms with E-state index in [1.807, 2.05) is 4.83 Å². The van der Waals surface area contributed by atoms with Gasteiger partial charge in [-0.05, 0) is 12.1 Å². The number of sulfonamides is 1. The average Bonchev–Trinajstić information content (AvgIpc) is 2.62. The minimum atomic E-state index is -4.12. The minimum Gasteiger partial charge on any atom is -0.494 e. The van der Waals surface area contributed by atoms with Crippen molar-refractivity contribution >= 4 is 45.1 Å². The molecule has 0 spiro atoms. The van der Waals surface area contributed by atoms with Crippen molar-refractivity contribution in [3.05, 3.63) is 56.1 Å². The van der Waals surface area contributed by atoms with Gasteiger partial charge in [0.05, 0.1) is 35.3 Å². The molecule has 0 saturated heterocycles. The number of ether oxygens (including phenoxy) is 2. The molecule has 0 atom stereocenters. The van der Waals surface area contributed by atoms with Crippen LogP contribution in [0.4, 0.5) is 5.69 Å². The van der Waals surface area contributed by atoms with E-state index < -0.39 is 14.9 Å². The van der Waals surface area contributed by atoms with Crippen LogP contribution in [0.15, 0.2) is 40.3 Å². The Morgan fingerprint density at radius 1 is 1.19 bits per heavy atom. The number of methoxy groups -OCH3 is 2. The lowest BCUT2D eigenvalue weighted by Gasteiger charge is -2.12. The Bertz CT molecular complexity index is 1010. The van der Waals surface area contributed by atoms with Gasteiger partial charge in [0.1, 0.15) is 10.8 Å². The molecule has 0 bridgehead atoms. The van der Waals surface area contributed by atoms with E-state index in [9.17, 15) is 18.5 Å². The molecule has 144 valence electrons. The summed E-state index contributed by atoms with van der Waals surface area (Å²) in [5.41, 5.74) is -0.0766. The van der Waals surface area contributed by atoms with E-state index >= 15 is 0 Å². The lowest BCUT2D eigenvalue weighted by molar-refractivity contribution is -0.385. The van der Waals surface area contributed by atoms with Crippen LogP contribution >= 0.6 is 23.2 Å². The molecule has 2 rings (SSSR count). The Morgan fingerprint density at radius 2 is 1.85 bits per heavy atom. The molecule has 0 aliphatic carbocycles. The molecule has 1 N–H and O–H groups in total. The summed E-state index contributed by atoms with van der Waals surface area (Å²) in [6.45, 7) is 0. The van der Waals surface area contributed by atoms with Gasteiger partial charge in [-0.15, -0.1) is 0 Å². The van der Waals surface area contributed by atoms with Crippen LogP contribution in [0.3, 0.4) is 0 Å². The second kappa shape index (κ2) is 8.42. The van der Waals surface area contributed by atoms with Crippen LogP contribution in [0.25, 0.3) is 0 Å².